The highest BCUT2D eigenvalue weighted by molar-refractivity contribution is 7.13. The maximum absolute atomic E-state index is 4.76. The largest absolute Gasteiger partial charge is 0.346 e. The molecule has 0 atom stereocenters. The summed E-state index contributed by atoms with van der Waals surface area (Å²) < 4.78 is 0. The molecule has 0 spiro atoms. The molecule has 5 heteroatoms. The van der Waals surface area contributed by atoms with E-state index in [1.54, 1.807) is 11.3 Å². The van der Waals surface area contributed by atoms with Crippen LogP contribution in [-0.4, -0.2) is 48.6 Å². The molecule has 0 aliphatic carbocycles. The molecule has 2 rings (SSSR count). The van der Waals surface area contributed by atoms with E-state index in [2.05, 4.69) is 48.2 Å². The van der Waals surface area contributed by atoms with Gasteiger partial charge in [-0.3, -0.25) is 4.90 Å². The fourth-order valence-corrected chi connectivity index (χ4v) is 3.35. The summed E-state index contributed by atoms with van der Waals surface area (Å²) in [4.78, 5) is 9.75. The predicted octanol–water partition coefficient (Wildman–Crippen LogP) is 2.42. The van der Waals surface area contributed by atoms with Gasteiger partial charge < -0.3 is 10.2 Å². The van der Waals surface area contributed by atoms with Crippen LogP contribution >= 0.6 is 11.3 Å². The number of anilines is 1. The molecule has 0 bridgehead atoms. The van der Waals surface area contributed by atoms with Crippen LogP contribution in [0.15, 0.2) is 5.38 Å². The van der Waals surface area contributed by atoms with Gasteiger partial charge in [0, 0.05) is 50.7 Å². The molecule has 0 unspecified atom stereocenters. The van der Waals surface area contributed by atoms with Crippen molar-refractivity contribution in [2.24, 2.45) is 5.92 Å². The van der Waals surface area contributed by atoms with Crippen LogP contribution < -0.4 is 10.2 Å². The van der Waals surface area contributed by atoms with E-state index in [-0.39, 0.29) is 0 Å². The van der Waals surface area contributed by atoms with Crippen LogP contribution in [0.3, 0.4) is 0 Å². The highest BCUT2D eigenvalue weighted by atomic mass is 32.1. The highest BCUT2D eigenvalue weighted by Gasteiger charge is 2.19. The Bertz CT molecular complexity index is 394. The Hall–Kier alpha value is -0.650. The molecule has 1 aliphatic rings. The molecule has 1 aliphatic heterocycles. The molecular weight excluding hydrogens is 268 g/mol. The molecule has 2 heterocycles. The van der Waals surface area contributed by atoms with Gasteiger partial charge >= 0.3 is 0 Å². The van der Waals surface area contributed by atoms with E-state index in [4.69, 9.17) is 4.98 Å². The summed E-state index contributed by atoms with van der Waals surface area (Å²) in [6.07, 6.45) is 0. The topological polar surface area (TPSA) is 31.4 Å². The van der Waals surface area contributed by atoms with Crippen LogP contribution in [0.2, 0.25) is 0 Å². The quantitative estimate of drug-likeness (QED) is 0.873. The van der Waals surface area contributed by atoms with Crippen molar-refractivity contribution >= 4 is 16.5 Å². The van der Waals surface area contributed by atoms with Gasteiger partial charge in [-0.15, -0.1) is 11.3 Å². The molecule has 20 heavy (non-hydrogen) atoms. The zero-order chi connectivity index (χ0) is 14.5. The maximum Gasteiger partial charge on any atom is 0.185 e. The van der Waals surface area contributed by atoms with Crippen LogP contribution in [0.4, 0.5) is 5.13 Å². The summed E-state index contributed by atoms with van der Waals surface area (Å²) in [6.45, 7) is 15.6. The maximum atomic E-state index is 4.76. The second-order valence-corrected chi connectivity index (χ2v) is 7.18. The van der Waals surface area contributed by atoms with Crippen LogP contribution in [0.25, 0.3) is 0 Å². The fraction of sp³-hybridized carbons (Fsp3) is 0.800. The summed E-state index contributed by atoms with van der Waals surface area (Å²) in [5, 5.41) is 6.80. The summed E-state index contributed by atoms with van der Waals surface area (Å²) >= 11 is 1.78. The second-order valence-electron chi connectivity index (χ2n) is 6.34. The van der Waals surface area contributed by atoms with E-state index < -0.39 is 0 Å². The van der Waals surface area contributed by atoms with Gasteiger partial charge in [-0.05, 0) is 5.92 Å². The van der Waals surface area contributed by atoms with Gasteiger partial charge in [-0.25, -0.2) is 4.98 Å². The van der Waals surface area contributed by atoms with Crippen LogP contribution in [0.5, 0.6) is 0 Å². The average Bonchev–Trinajstić information content (AvgIpc) is 2.85. The van der Waals surface area contributed by atoms with Gasteiger partial charge in [0.15, 0.2) is 5.13 Å². The Morgan fingerprint density at radius 2 is 1.90 bits per heavy atom. The smallest absolute Gasteiger partial charge is 0.185 e. The molecule has 1 N–H and O–H groups in total. The van der Waals surface area contributed by atoms with Crippen molar-refractivity contribution < 1.29 is 0 Å². The number of hydrogen-bond donors (Lipinski definition) is 1. The number of hydrogen-bond acceptors (Lipinski definition) is 5. The van der Waals surface area contributed by atoms with Gasteiger partial charge in [0.2, 0.25) is 0 Å². The van der Waals surface area contributed by atoms with Gasteiger partial charge in [0.1, 0.15) is 0 Å². The standard InChI is InChI=1S/C15H28N4S/c1-12(2)10-18-5-7-19(8-6-18)15-17-14(11-20-15)9-16-13(3)4/h11-13,16H,5-10H2,1-4H3. The van der Waals surface area contributed by atoms with Crippen molar-refractivity contribution in [1.82, 2.24) is 15.2 Å². The second kappa shape index (κ2) is 7.38. The minimum absolute atomic E-state index is 0.514. The normalized spacial score (nSPS) is 17.4. The van der Waals surface area contributed by atoms with E-state index in [0.717, 1.165) is 38.6 Å². The molecule has 1 aromatic rings. The molecule has 1 fully saturated rings. The zero-order valence-corrected chi connectivity index (χ0v) is 14.0. The van der Waals surface area contributed by atoms with Crippen LogP contribution in [-0.2, 0) is 6.54 Å². The number of thiazole rings is 1. The first-order chi connectivity index (χ1) is 9.54. The number of aromatic nitrogens is 1. The zero-order valence-electron chi connectivity index (χ0n) is 13.2. The van der Waals surface area contributed by atoms with Crippen molar-refractivity contribution in [2.75, 3.05) is 37.6 Å². The molecule has 1 saturated heterocycles. The molecular formula is C15H28N4S. The van der Waals surface area contributed by atoms with E-state index in [0.29, 0.717) is 6.04 Å². The van der Waals surface area contributed by atoms with Crippen molar-refractivity contribution in [3.8, 4) is 0 Å². The molecule has 0 aromatic carbocycles. The Balaban J connectivity index is 1.81. The molecule has 114 valence electrons. The van der Waals surface area contributed by atoms with E-state index in [1.807, 2.05) is 0 Å². The van der Waals surface area contributed by atoms with E-state index in [9.17, 15) is 0 Å². The lowest BCUT2D eigenvalue weighted by atomic mass is 10.2. The van der Waals surface area contributed by atoms with Gasteiger partial charge in [0.25, 0.3) is 0 Å². The number of piperazine rings is 1. The Labute approximate surface area is 127 Å². The monoisotopic (exact) mass is 296 g/mol. The number of rotatable bonds is 6. The first-order valence-corrected chi connectivity index (χ1v) is 8.57. The van der Waals surface area contributed by atoms with Gasteiger partial charge in [-0.1, -0.05) is 27.7 Å². The van der Waals surface area contributed by atoms with Crippen molar-refractivity contribution in [2.45, 2.75) is 40.3 Å². The summed E-state index contributed by atoms with van der Waals surface area (Å²) in [5.74, 6) is 0.759. The minimum atomic E-state index is 0.514. The lowest BCUT2D eigenvalue weighted by Gasteiger charge is -2.35. The lowest BCUT2D eigenvalue weighted by Crippen LogP contribution is -2.47. The average molecular weight is 296 g/mol. The molecule has 0 radical (unpaired) electrons. The third-order valence-electron chi connectivity index (χ3n) is 3.50. The fourth-order valence-electron chi connectivity index (χ4n) is 2.47. The van der Waals surface area contributed by atoms with E-state index in [1.165, 1.54) is 17.4 Å². The number of nitrogens with one attached hydrogen (secondary N) is 1. The van der Waals surface area contributed by atoms with E-state index >= 15 is 0 Å². The van der Waals surface area contributed by atoms with Crippen LogP contribution in [0, 0.1) is 5.92 Å². The summed E-state index contributed by atoms with van der Waals surface area (Å²) in [7, 11) is 0. The molecule has 0 amide bonds. The number of nitrogens with zero attached hydrogens (tertiary/aromatic N) is 3. The molecule has 1 aromatic heterocycles. The Morgan fingerprint density at radius 3 is 2.50 bits per heavy atom. The first-order valence-electron chi connectivity index (χ1n) is 7.69. The van der Waals surface area contributed by atoms with Crippen molar-refractivity contribution in [1.29, 1.82) is 0 Å². The van der Waals surface area contributed by atoms with Gasteiger partial charge in [-0.2, -0.15) is 0 Å². The summed E-state index contributed by atoms with van der Waals surface area (Å²) in [5.41, 5.74) is 1.17. The third-order valence-corrected chi connectivity index (χ3v) is 4.45. The Morgan fingerprint density at radius 1 is 1.20 bits per heavy atom. The lowest BCUT2D eigenvalue weighted by molar-refractivity contribution is 0.231. The summed E-state index contributed by atoms with van der Waals surface area (Å²) in [6, 6.07) is 0.514. The minimum Gasteiger partial charge on any atom is -0.346 e. The third kappa shape index (κ3) is 4.72. The van der Waals surface area contributed by atoms with Crippen molar-refractivity contribution in [3.63, 3.8) is 0 Å². The highest BCUT2D eigenvalue weighted by Crippen LogP contribution is 2.22. The molecule has 0 saturated carbocycles. The van der Waals surface area contributed by atoms with Gasteiger partial charge in [0.05, 0.1) is 5.69 Å². The SMILES string of the molecule is CC(C)CN1CCN(c2nc(CNC(C)C)cs2)CC1. The Kier molecular flexibility index (Phi) is 5.81. The predicted molar refractivity (Wildman–Crippen MR) is 87.6 cm³/mol. The van der Waals surface area contributed by atoms with Crippen LogP contribution in [0.1, 0.15) is 33.4 Å². The first kappa shape index (κ1) is 15.7. The molecule has 4 nitrogen and oxygen atoms in total. The van der Waals surface area contributed by atoms with Crippen molar-refractivity contribution in [3.05, 3.63) is 11.1 Å².